The molecular weight excluding hydrogens is 678 g/mol. The molecule has 2 aromatic rings. The van der Waals surface area contributed by atoms with Gasteiger partial charge < -0.3 is 30.1 Å². The Kier molecular flexibility index (Phi) is 9.35. The molecule has 7 rings (SSSR count). The van der Waals surface area contributed by atoms with Crippen molar-refractivity contribution >= 4 is 44.6 Å². The van der Waals surface area contributed by atoms with Crippen molar-refractivity contribution in [2.75, 3.05) is 6.54 Å². The molecule has 274 valence electrons. The summed E-state index contributed by atoms with van der Waals surface area (Å²) in [7, 11) is -3.90. The number of amides is 4. The zero-order chi connectivity index (χ0) is 36.1. The van der Waals surface area contributed by atoms with Crippen molar-refractivity contribution in [2.45, 2.75) is 107 Å². The van der Waals surface area contributed by atoms with Gasteiger partial charge in [-0.3, -0.25) is 19.1 Å². The fourth-order valence-electron chi connectivity index (χ4n) is 7.48. The predicted molar refractivity (Wildman–Crippen MR) is 185 cm³/mol. The van der Waals surface area contributed by atoms with Crippen LogP contribution in [0.25, 0.3) is 10.8 Å². The number of nitrogens with zero attached hydrogens (tertiary/aromatic N) is 2. The first-order valence-corrected chi connectivity index (χ1v) is 19.4. The summed E-state index contributed by atoms with van der Waals surface area (Å²) in [5.74, 6) is -1.81. The summed E-state index contributed by atoms with van der Waals surface area (Å²) in [4.78, 5) is 60.2. The molecule has 0 unspecified atom stereocenters. The minimum Gasteiger partial charge on any atom is -0.488 e. The SMILES string of the molecule is C[C@H]1CCC=C[C@@H]2C[C@@]2(C(=O)NS(=O)(=O)C2CC2)NC(=O)[C@@H]2C[C@@H](Oc3ncc(OC4CC4)c4ccccc34)CN2C(=O)[C@@H](NC(=O)O)[C@H](C)C1. The van der Waals surface area contributed by atoms with Gasteiger partial charge in [0, 0.05) is 23.1 Å². The standard InChI is InChI=1S/C36H45N5O9S/c1-20-7-3-4-8-22-17-36(22,34(44)40-51(47,48)25-13-14-25)39-31(42)28-16-24(19-41(28)33(43)30(21(2)15-20)38-35(45)46)50-32-27-10-6-5-9-26(27)29(18-37-32)49-23-11-12-23/h4-6,8-10,18,20-25,28,30,38H,3,7,11-17,19H2,1-2H3,(H,39,42)(H,40,44)(H,45,46)/t20-,21+,22+,24+,28-,30-,36+/m0/s1. The van der Waals surface area contributed by atoms with Gasteiger partial charge in [-0.2, -0.15) is 0 Å². The lowest BCUT2D eigenvalue weighted by Crippen LogP contribution is -2.59. The van der Waals surface area contributed by atoms with Crippen LogP contribution in [-0.4, -0.2) is 88.8 Å². The number of sulfonamides is 1. The van der Waals surface area contributed by atoms with Gasteiger partial charge in [-0.05, 0) is 69.3 Å². The molecule has 3 aliphatic carbocycles. The number of rotatable bonds is 8. The Morgan fingerprint density at radius 1 is 1.02 bits per heavy atom. The molecule has 4 fully saturated rings. The molecule has 0 spiro atoms. The van der Waals surface area contributed by atoms with Gasteiger partial charge in [0.25, 0.3) is 5.91 Å². The third-order valence-electron chi connectivity index (χ3n) is 10.7. The van der Waals surface area contributed by atoms with Crippen LogP contribution in [0.5, 0.6) is 11.6 Å². The zero-order valence-electron chi connectivity index (χ0n) is 28.7. The van der Waals surface area contributed by atoms with Crippen LogP contribution < -0.4 is 24.8 Å². The molecular formula is C36H45N5O9S. The van der Waals surface area contributed by atoms with Crippen LogP contribution in [0.15, 0.2) is 42.6 Å². The molecule has 2 aliphatic heterocycles. The molecule has 1 aromatic carbocycles. The number of carbonyl (C=O) groups is 4. The third-order valence-corrected chi connectivity index (χ3v) is 12.5. The molecule has 15 heteroatoms. The maximum absolute atomic E-state index is 14.4. The van der Waals surface area contributed by atoms with Crippen molar-refractivity contribution in [3.63, 3.8) is 0 Å². The van der Waals surface area contributed by atoms with E-state index in [9.17, 15) is 32.7 Å². The van der Waals surface area contributed by atoms with Gasteiger partial charge in [-0.15, -0.1) is 0 Å². The largest absolute Gasteiger partial charge is 0.488 e. The fourth-order valence-corrected chi connectivity index (χ4v) is 8.85. The van der Waals surface area contributed by atoms with Crippen LogP contribution >= 0.6 is 0 Å². The number of pyridine rings is 1. The molecule has 5 aliphatic rings. The molecule has 3 saturated carbocycles. The molecule has 4 amide bonds. The number of ether oxygens (including phenoxy) is 2. The first-order chi connectivity index (χ1) is 24.3. The minimum atomic E-state index is -3.90. The van der Waals surface area contributed by atoms with Crippen molar-refractivity contribution in [3.8, 4) is 11.6 Å². The Morgan fingerprint density at radius 3 is 2.47 bits per heavy atom. The van der Waals surface area contributed by atoms with Crippen LogP contribution in [0.1, 0.15) is 71.6 Å². The molecule has 0 radical (unpaired) electrons. The number of fused-ring (bicyclic) bond motifs is 3. The quantitative estimate of drug-likeness (QED) is 0.294. The second-order valence-electron chi connectivity index (χ2n) is 15.0. The van der Waals surface area contributed by atoms with Crippen molar-refractivity contribution in [2.24, 2.45) is 17.8 Å². The third kappa shape index (κ3) is 7.49. The summed E-state index contributed by atoms with van der Waals surface area (Å²) in [6, 6.07) is 5.22. The van der Waals surface area contributed by atoms with Gasteiger partial charge in [0.1, 0.15) is 29.5 Å². The first-order valence-electron chi connectivity index (χ1n) is 17.9. The van der Waals surface area contributed by atoms with E-state index in [0.717, 1.165) is 24.6 Å². The maximum atomic E-state index is 14.4. The lowest BCUT2D eigenvalue weighted by atomic mass is 9.88. The molecule has 51 heavy (non-hydrogen) atoms. The second-order valence-corrected chi connectivity index (χ2v) is 16.9. The summed E-state index contributed by atoms with van der Waals surface area (Å²) in [6.45, 7) is 3.80. The number of aromatic nitrogens is 1. The van der Waals surface area contributed by atoms with E-state index in [2.05, 4.69) is 20.3 Å². The van der Waals surface area contributed by atoms with Gasteiger partial charge in [0.05, 0.1) is 24.1 Å². The van der Waals surface area contributed by atoms with E-state index >= 15 is 0 Å². The number of hydrogen-bond acceptors (Lipinski definition) is 9. The smallest absolute Gasteiger partial charge is 0.405 e. The number of nitrogens with one attached hydrogen (secondary N) is 3. The number of carboxylic acid groups (broad SMARTS) is 1. The summed E-state index contributed by atoms with van der Waals surface area (Å²) in [6.07, 6.45) is 8.54. The highest BCUT2D eigenvalue weighted by Gasteiger charge is 2.62. The van der Waals surface area contributed by atoms with Gasteiger partial charge >= 0.3 is 6.09 Å². The van der Waals surface area contributed by atoms with Crippen molar-refractivity contribution in [3.05, 3.63) is 42.6 Å². The molecule has 1 saturated heterocycles. The lowest BCUT2D eigenvalue weighted by molar-refractivity contribution is -0.142. The van der Waals surface area contributed by atoms with Crippen LogP contribution in [0.2, 0.25) is 0 Å². The number of hydrogen-bond donors (Lipinski definition) is 4. The van der Waals surface area contributed by atoms with Crippen molar-refractivity contribution in [1.29, 1.82) is 0 Å². The minimum absolute atomic E-state index is 0.0249. The van der Waals surface area contributed by atoms with E-state index in [1.807, 2.05) is 50.3 Å². The monoisotopic (exact) mass is 723 g/mol. The Morgan fingerprint density at radius 2 is 1.76 bits per heavy atom. The summed E-state index contributed by atoms with van der Waals surface area (Å²) >= 11 is 0. The normalized spacial score (nSPS) is 31.4. The second kappa shape index (κ2) is 13.6. The molecule has 3 heterocycles. The fraction of sp³-hybridized carbons (Fsp3) is 0.583. The Balaban J connectivity index is 1.20. The van der Waals surface area contributed by atoms with E-state index < -0.39 is 74.7 Å². The van der Waals surface area contributed by atoms with Gasteiger partial charge in [0.15, 0.2) is 0 Å². The topological polar surface area (TPSA) is 193 Å². The molecule has 0 bridgehead atoms. The van der Waals surface area contributed by atoms with Crippen molar-refractivity contribution in [1.82, 2.24) is 25.2 Å². The number of benzene rings is 1. The number of allylic oxidation sites excluding steroid dienone is 1. The highest BCUT2D eigenvalue weighted by atomic mass is 32.2. The molecule has 4 N–H and O–H groups in total. The average molecular weight is 724 g/mol. The summed E-state index contributed by atoms with van der Waals surface area (Å²) < 4.78 is 40.3. The van der Waals surface area contributed by atoms with Gasteiger partial charge in [-0.1, -0.05) is 44.2 Å². The Labute approximate surface area is 296 Å². The van der Waals surface area contributed by atoms with E-state index in [1.54, 1.807) is 6.20 Å². The van der Waals surface area contributed by atoms with Crippen LogP contribution in [0.3, 0.4) is 0 Å². The van der Waals surface area contributed by atoms with E-state index in [0.29, 0.717) is 42.7 Å². The Hall–Kier alpha value is -4.40. The number of carbonyl (C=O) groups excluding carboxylic acids is 3. The van der Waals surface area contributed by atoms with Gasteiger partial charge in [-0.25, -0.2) is 18.2 Å². The van der Waals surface area contributed by atoms with E-state index in [1.165, 1.54) is 4.90 Å². The van der Waals surface area contributed by atoms with Crippen LogP contribution in [0.4, 0.5) is 4.79 Å². The maximum Gasteiger partial charge on any atom is 0.405 e. The Bertz CT molecular complexity index is 1860. The lowest BCUT2D eigenvalue weighted by Gasteiger charge is -2.32. The van der Waals surface area contributed by atoms with Crippen LogP contribution in [0, 0.1) is 17.8 Å². The first kappa shape index (κ1) is 35.0. The molecule has 1 aromatic heterocycles. The van der Waals surface area contributed by atoms with Crippen molar-refractivity contribution < 1.29 is 42.2 Å². The highest BCUT2D eigenvalue weighted by molar-refractivity contribution is 7.91. The average Bonchev–Trinajstić information content (AvgIpc) is 3.98. The van der Waals surface area contributed by atoms with E-state index in [-0.39, 0.29) is 31.4 Å². The van der Waals surface area contributed by atoms with Crippen LogP contribution in [-0.2, 0) is 24.4 Å². The zero-order valence-corrected chi connectivity index (χ0v) is 29.6. The summed E-state index contributed by atoms with van der Waals surface area (Å²) in [5, 5.41) is 15.9. The molecule has 14 nitrogen and oxygen atoms in total. The summed E-state index contributed by atoms with van der Waals surface area (Å²) in [5.41, 5.74) is -1.52. The highest BCUT2D eigenvalue weighted by Crippen LogP contribution is 2.46. The van der Waals surface area contributed by atoms with Gasteiger partial charge in [0.2, 0.25) is 27.7 Å². The van der Waals surface area contributed by atoms with E-state index in [4.69, 9.17) is 9.47 Å². The predicted octanol–water partition coefficient (Wildman–Crippen LogP) is 3.26. The molecule has 7 atom stereocenters.